The average molecular weight is 277 g/mol. The van der Waals surface area contributed by atoms with Gasteiger partial charge in [0.25, 0.3) is 0 Å². The molecule has 1 aromatic heterocycles. The summed E-state index contributed by atoms with van der Waals surface area (Å²) in [7, 11) is 0. The van der Waals surface area contributed by atoms with E-state index in [2.05, 4.69) is 0 Å². The quantitative estimate of drug-likeness (QED) is 0.665. The van der Waals surface area contributed by atoms with Crippen LogP contribution in [-0.2, 0) is 6.61 Å². The summed E-state index contributed by atoms with van der Waals surface area (Å²) in [5, 5.41) is 19.6. The normalized spacial score (nSPS) is 10.2. The molecule has 0 aliphatic heterocycles. The molecule has 0 amide bonds. The van der Waals surface area contributed by atoms with Crippen molar-refractivity contribution in [3.63, 3.8) is 0 Å². The number of carbonyl (C=O) groups is 1. The Morgan fingerprint density at radius 3 is 2.75 bits per heavy atom. The maximum Gasteiger partial charge on any atom is 0.371 e. The zero-order valence-corrected chi connectivity index (χ0v) is 10.5. The molecule has 0 saturated heterocycles. The lowest BCUT2D eigenvalue weighted by atomic mass is 10.2. The number of aryl methyl sites for hydroxylation is 1. The molecule has 0 spiro atoms. The van der Waals surface area contributed by atoms with Crippen molar-refractivity contribution in [2.75, 3.05) is 0 Å². The van der Waals surface area contributed by atoms with E-state index in [-0.39, 0.29) is 29.6 Å². The Hall–Kier alpha value is -2.83. The van der Waals surface area contributed by atoms with Crippen LogP contribution in [0.15, 0.2) is 34.7 Å². The predicted octanol–water partition coefficient (Wildman–Crippen LogP) is 2.77. The van der Waals surface area contributed by atoms with Crippen molar-refractivity contribution in [2.24, 2.45) is 0 Å². The monoisotopic (exact) mass is 277 g/mol. The Morgan fingerprint density at radius 1 is 1.40 bits per heavy atom. The summed E-state index contributed by atoms with van der Waals surface area (Å²) in [6, 6.07) is 7.26. The van der Waals surface area contributed by atoms with Gasteiger partial charge in [0.2, 0.25) is 5.76 Å². The number of carboxylic acids is 1. The third kappa shape index (κ3) is 2.94. The van der Waals surface area contributed by atoms with Crippen LogP contribution in [0.4, 0.5) is 5.69 Å². The van der Waals surface area contributed by atoms with E-state index in [0.717, 1.165) is 5.56 Å². The van der Waals surface area contributed by atoms with E-state index in [1.807, 2.05) is 0 Å². The maximum absolute atomic E-state index is 10.9. The van der Waals surface area contributed by atoms with Crippen LogP contribution >= 0.6 is 0 Å². The van der Waals surface area contributed by atoms with Crippen LogP contribution in [0.5, 0.6) is 5.75 Å². The number of hydrogen-bond donors (Lipinski definition) is 1. The molecule has 20 heavy (non-hydrogen) atoms. The van der Waals surface area contributed by atoms with Crippen molar-refractivity contribution in [3.8, 4) is 5.75 Å². The first-order chi connectivity index (χ1) is 9.47. The largest absolute Gasteiger partial charge is 0.479 e. The number of nitrogens with zero attached hydrogens (tertiary/aromatic N) is 1. The Kier molecular flexibility index (Phi) is 3.69. The molecule has 1 N–H and O–H groups in total. The minimum atomic E-state index is -1.18. The van der Waals surface area contributed by atoms with E-state index >= 15 is 0 Å². The Labute approximate surface area is 113 Å². The molecule has 0 saturated carbocycles. The number of furan rings is 1. The van der Waals surface area contributed by atoms with Gasteiger partial charge in [-0.15, -0.1) is 0 Å². The highest BCUT2D eigenvalue weighted by Gasteiger charge is 2.16. The average Bonchev–Trinajstić information content (AvgIpc) is 2.85. The number of nitro groups is 1. The molecular weight excluding hydrogens is 266 g/mol. The van der Waals surface area contributed by atoms with E-state index in [1.165, 1.54) is 18.2 Å². The lowest BCUT2D eigenvalue weighted by molar-refractivity contribution is -0.386. The van der Waals surface area contributed by atoms with Gasteiger partial charge >= 0.3 is 11.7 Å². The Balaban J connectivity index is 2.15. The van der Waals surface area contributed by atoms with Gasteiger partial charge in [0.1, 0.15) is 12.4 Å². The highest BCUT2D eigenvalue weighted by Crippen LogP contribution is 2.28. The molecule has 0 radical (unpaired) electrons. The first-order valence-corrected chi connectivity index (χ1v) is 5.67. The number of hydrogen-bond acceptors (Lipinski definition) is 5. The van der Waals surface area contributed by atoms with Crippen molar-refractivity contribution < 1.29 is 24.0 Å². The minimum Gasteiger partial charge on any atom is -0.479 e. The van der Waals surface area contributed by atoms with E-state index in [0.29, 0.717) is 0 Å². The Bertz CT molecular complexity index is 661. The molecule has 7 nitrogen and oxygen atoms in total. The fourth-order valence-corrected chi connectivity index (χ4v) is 1.61. The van der Waals surface area contributed by atoms with Crippen molar-refractivity contribution >= 4 is 11.7 Å². The number of ether oxygens (including phenoxy) is 1. The molecule has 0 fully saturated rings. The predicted molar refractivity (Wildman–Crippen MR) is 67.8 cm³/mol. The fourth-order valence-electron chi connectivity index (χ4n) is 1.61. The van der Waals surface area contributed by atoms with Crippen molar-refractivity contribution in [1.82, 2.24) is 0 Å². The van der Waals surface area contributed by atoms with Crippen LogP contribution in [-0.4, -0.2) is 16.0 Å². The van der Waals surface area contributed by atoms with Crippen LogP contribution < -0.4 is 4.74 Å². The molecule has 7 heteroatoms. The zero-order valence-electron chi connectivity index (χ0n) is 10.5. The number of rotatable bonds is 5. The van der Waals surface area contributed by atoms with E-state index in [9.17, 15) is 14.9 Å². The second-order valence-electron chi connectivity index (χ2n) is 4.09. The van der Waals surface area contributed by atoms with Crippen LogP contribution in [0.2, 0.25) is 0 Å². The lowest BCUT2D eigenvalue weighted by Crippen LogP contribution is -1.99. The van der Waals surface area contributed by atoms with Gasteiger partial charge in [-0.1, -0.05) is 6.07 Å². The van der Waals surface area contributed by atoms with Gasteiger partial charge in [-0.25, -0.2) is 4.79 Å². The third-order valence-electron chi connectivity index (χ3n) is 2.55. The summed E-state index contributed by atoms with van der Waals surface area (Å²) in [5.41, 5.74) is 0.664. The van der Waals surface area contributed by atoms with E-state index < -0.39 is 10.9 Å². The number of aromatic carboxylic acids is 1. The van der Waals surface area contributed by atoms with Crippen molar-refractivity contribution in [2.45, 2.75) is 13.5 Å². The molecule has 0 aliphatic rings. The molecule has 104 valence electrons. The smallest absolute Gasteiger partial charge is 0.371 e. The molecule has 1 heterocycles. The molecule has 0 aliphatic carbocycles. The minimum absolute atomic E-state index is 0.0857. The molecule has 2 rings (SSSR count). The van der Waals surface area contributed by atoms with Crippen LogP contribution in [0.25, 0.3) is 0 Å². The standard InChI is InChI=1S/C13H11NO6/c1-8-2-4-10(14(17)18)12(6-8)19-7-9-3-5-11(20-9)13(15)16/h2-6H,7H2,1H3,(H,15,16). The topological polar surface area (TPSA) is 103 Å². The Morgan fingerprint density at radius 2 is 2.15 bits per heavy atom. The summed E-state index contributed by atoms with van der Waals surface area (Å²) in [6.45, 7) is 1.70. The lowest BCUT2D eigenvalue weighted by Gasteiger charge is -2.05. The number of carboxylic acid groups (broad SMARTS) is 1. The fraction of sp³-hybridized carbons (Fsp3) is 0.154. The first-order valence-electron chi connectivity index (χ1n) is 5.67. The highest BCUT2D eigenvalue weighted by molar-refractivity contribution is 5.84. The van der Waals surface area contributed by atoms with Gasteiger partial charge in [0.05, 0.1) is 4.92 Å². The van der Waals surface area contributed by atoms with Gasteiger partial charge in [-0.2, -0.15) is 0 Å². The van der Waals surface area contributed by atoms with Crippen LogP contribution in [0.3, 0.4) is 0 Å². The molecule has 0 atom stereocenters. The van der Waals surface area contributed by atoms with E-state index in [1.54, 1.807) is 19.1 Å². The SMILES string of the molecule is Cc1ccc([N+](=O)[O-])c(OCc2ccc(C(=O)O)o2)c1. The summed E-state index contributed by atoms with van der Waals surface area (Å²) in [6.07, 6.45) is 0. The van der Waals surface area contributed by atoms with Gasteiger partial charge in [0, 0.05) is 6.07 Å². The van der Waals surface area contributed by atoms with Crippen molar-refractivity contribution in [3.05, 3.63) is 57.5 Å². The van der Waals surface area contributed by atoms with Crippen LogP contribution in [0.1, 0.15) is 21.9 Å². The van der Waals surface area contributed by atoms with Gasteiger partial charge in [0.15, 0.2) is 5.75 Å². The maximum atomic E-state index is 10.9. The van der Waals surface area contributed by atoms with Crippen molar-refractivity contribution in [1.29, 1.82) is 0 Å². The third-order valence-corrected chi connectivity index (χ3v) is 2.55. The van der Waals surface area contributed by atoms with Gasteiger partial charge in [-0.05, 0) is 30.7 Å². The summed E-state index contributed by atoms with van der Waals surface area (Å²) >= 11 is 0. The molecule has 0 unspecified atom stereocenters. The molecule has 2 aromatic rings. The molecule has 1 aromatic carbocycles. The molecule has 0 bridgehead atoms. The second-order valence-corrected chi connectivity index (χ2v) is 4.09. The van der Waals surface area contributed by atoms with Crippen LogP contribution in [0, 0.1) is 17.0 Å². The molecular formula is C13H11NO6. The number of benzene rings is 1. The number of nitro benzene ring substituents is 1. The second kappa shape index (κ2) is 5.43. The van der Waals surface area contributed by atoms with Gasteiger partial charge < -0.3 is 14.3 Å². The van der Waals surface area contributed by atoms with E-state index in [4.69, 9.17) is 14.3 Å². The summed E-state index contributed by atoms with van der Waals surface area (Å²) < 4.78 is 10.3. The highest BCUT2D eigenvalue weighted by atomic mass is 16.6. The zero-order chi connectivity index (χ0) is 14.7. The first kappa shape index (κ1) is 13.6. The summed E-state index contributed by atoms with van der Waals surface area (Å²) in [5.74, 6) is -0.999. The van der Waals surface area contributed by atoms with Gasteiger partial charge in [-0.3, -0.25) is 10.1 Å². The summed E-state index contributed by atoms with van der Waals surface area (Å²) in [4.78, 5) is 21.0.